The molecule has 0 bridgehead atoms. The van der Waals surface area contributed by atoms with E-state index in [9.17, 15) is 9.90 Å². The average Bonchev–Trinajstić information content (AvgIpc) is 2.98. The van der Waals surface area contributed by atoms with Crippen molar-refractivity contribution in [2.24, 2.45) is 0 Å². The first kappa shape index (κ1) is 14.5. The van der Waals surface area contributed by atoms with Gasteiger partial charge >= 0.3 is 0 Å². The zero-order valence-electron chi connectivity index (χ0n) is 11.7. The van der Waals surface area contributed by atoms with E-state index in [1.165, 1.54) is 4.88 Å². The molecule has 0 unspecified atom stereocenters. The maximum Gasteiger partial charge on any atom is 0.222 e. The summed E-state index contributed by atoms with van der Waals surface area (Å²) >= 11 is 1.71. The van der Waals surface area contributed by atoms with E-state index in [1.807, 2.05) is 6.07 Å². The molecule has 3 nitrogen and oxygen atoms in total. The highest BCUT2D eigenvalue weighted by molar-refractivity contribution is 7.10. The van der Waals surface area contributed by atoms with E-state index in [4.69, 9.17) is 0 Å². The van der Waals surface area contributed by atoms with Crippen LogP contribution in [-0.2, 0) is 10.2 Å². The van der Waals surface area contributed by atoms with E-state index in [-0.39, 0.29) is 17.7 Å². The Kier molecular flexibility index (Phi) is 4.31. The molecule has 0 atom stereocenters. The first-order valence-electron chi connectivity index (χ1n) is 6.94. The molecule has 1 heterocycles. The molecule has 2 N–H and O–H groups in total. The highest BCUT2D eigenvalue weighted by Gasteiger charge is 2.33. The third-order valence-corrected chi connectivity index (χ3v) is 5.18. The molecule has 0 spiro atoms. The van der Waals surface area contributed by atoms with Gasteiger partial charge < -0.3 is 10.4 Å². The van der Waals surface area contributed by atoms with Crippen LogP contribution in [0.25, 0.3) is 0 Å². The van der Waals surface area contributed by atoms with Crippen LogP contribution in [0.4, 0.5) is 0 Å². The molecule has 1 aliphatic carbocycles. The predicted molar refractivity (Wildman–Crippen MR) is 78.4 cm³/mol. The number of aliphatic hydroxyl groups is 1. The SMILES string of the molecule is CC(C)(CNC(=O)CC1(O)CCCC1)c1cccs1. The van der Waals surface area contributed by atoms with Crippen LogP contribution in [0.1, 0.15) is 50.8 Å². The van der Waals surface area contributed by atoms with Gasteiger partial charge in [-0.05, 0) is 24.3 Å². The van der Waals surface area contributed by atoms with Crippen molar-refractivity contribution >= 4 is 17.2 Å². The van der Waals surface area contributed by atoms with Gasteiger partial charge in [0.25, 0.3) is 0 Å². The van der Waals surface area contributed by atoms with E-state index in [0.717, 1.165) is 25.7 Å². The average molecular weight is 281 g/mol. The number of thiophene rings is 1. The van der Waals surface area contributed by atoms with Crippen LogP contribution in [-0.4, -0.2) is 23.2 Å². The molecule has 1 saturated carbocycles. The van der Waals surface area contributed by atoms with Gasteiger partial charge in [0.05, 0.1) is 12.0 Å². The topological polar surface area (TPSA) is 49.3 Å². The van der Waals surface area contributed by atoms with Gasteiger partial charge in [0.1, 0.15) is 0 Å². The maximum absolute atomic E-state index is 12.0. The second kappa shape index (κ2) is 5.63. The van der Waals surface area contributed by atoms with Gasteiger partial charge in [-0.2, -0.15) is 0 Å². The Balaban J connectivity index is 1.83. The van der Waals surface area contributed by atoms with E-state index < -0.39 is 5.60 Å². The molecule has 0 radical (unpaired) electrons. The Morgan fingerprint density at radius 3 is 2.74 bits per heavy atom. The van der Waals surface area contributed by atoms with Crippen LogP contribution in [0, 0.1) is 0 Å². The van der Waals surface area contributed by atoms with Gasteiger partial charge in [-0.25, -0.2) is 0 Å². The Hall–Kier alpha value is -0.870. The monoisotopic (exact) mass is 281 g/mol. The molecule has 1 aromatic rings. The number of carbonyl (C=O) groups excluding carboxylic acids is 1. The van der Waals surface area contributed by atoms with E-state index in [1.54, 1.807) is 11.3 Å². The molecule has 1 amide bonds. The fourth-order valence-corrected chi connectivity index (χ4v) is 3.49. The summed E-state index contributed by atoms with van der Waals surface area (Å²) in [5.74, 6) is -0.0333. The molecule has 106 valence electrons. The first-order valence-corrected chi connectivity index (χ1v) is 7.82. The van der Waals surface area contributed by atoms with Crippen molar-refractivity contribution in [3.05, 3.63) is 22.4 Å². The van der Waals surface area contributed by atoms with Gasteiger partial charge in [0.15, 0.2) is 0 Å². The lowest BCUT2D eigenvalue weighted by Gasteiger charge is -2.26. The summed E-state index contributed by atoms with van der Waals surface area (Å²) in [6.07, 6.45) is 3.83. The molecule has 4 heteroatoms. The first-order chi connectivity index (χ1) is 8.91. The Morgan fingerprint density at radius 2 is 2.16 bits per heavy atom. The van der Waals surface area contributed by atoms with Crippen molar-refractivity contribution in [2.45, 2.75) is 57.0 Å². The largest absolute Gasteiger partial charge is 0.389 e. The van der Waals surface area contributed by atoms with Crippen LogP contribution in [0.15, 0.2) is 17.5 Å². The maximum atomic E-state index is 12.0. The zero-order valence-corrected chi connectivity index (χ0v) is 12.6. The summed E-state index contributed by atoms with van der Waals surface area (Å²) in [6.45, 7) is 4.87. The van der Waals surface area contributed by atoms with Crippen molar-refractivity contribution in [1.82, 2.24) is 5.32 Å². The van der Waals surface area contributed by atoms with Crippen LogP contribution in [0.2, 0.25) is 0 Å². The van der Waals surface area contributed by atoms with Crippen molar-refractivity contribution in [3.63, 3.8) is 0 Å². The van der Waals surface area contributed by atoms with Crippen molar-refractivity contribution in [3.8, 4) is 0 Å². The summed E-state index contributed by atoms with van der Waals surface area (Å²) in [5, 5.41) is 15.2. The molecule has 19 heavy (non-hydrogen) atoms. The molecular weight excluding hydrogens is 258 g/mol. The van der Waals surface area contributed by atoms with E-state index in [2.05, 4.69) is 30.6 Å². The van der Waals surface area contributed by atoms with Gasteiger partial charge in [0, 0.05) is 16.8 Å². The summed E-state index contributed by atoms with van der Waals surface area (Å²) in [7, 11) is 0. The van der Waals surface area contributed by atoms with E-state index in [0.29, 0.717) is 6.54 Å². The summed E-state index contributed by atoms with van der Waals surface area (Å²) < 4.78 is 0. The number of hydrogen-bond acceptors (Lipinski definition) is 3. The summed E-state index contributed by atoms with van der Waals surface area (Å²) in [5.41, 5.74) is -0.806. The molecule has 1 aliphatic rings. The normalized spacial score (nSPS) is 18.5. The zero-order chi connectivity index (χ0) is 13.9. The highest BCUT2D eigenvalue weighted by atomic mass is 32.1. The van der Waals surface area contributed by atoms with Crippen LogP contribution in [0.5, 0.6) is 0 Å². The minimum atomic E-state index is -0.753. The number of hydrogen-bond donors (Lipinski definition) is 2. The lowest BCUT2D eigenvalue weighted by Crippen LogP contribution is -2.40. The van der Waals surface area contributed by atoms with Crippen molar-refractivity contribution < 1.29 is 9.90 Å². The second-order valence-corrected chi connectivity index (χ2v) is 7.19. The Morgan fingerprint density at radius 1 is 1.47 bits per heavy atom. The predicted octanol–water partition coefficient (Wildman–Crippen LogP) is 2.84. The van der Waals surface area contributed by atoms with Crippen LogP contribution in [0.3, 0.4) is 0 Å². The van der Waals surface area contributed by atoms with Crippen LogP contribution >= 0.6 is 11.3 Å². The van der Waals surface area contributed by atoms with E-state index >= 15 is 0 Å². The number of nitrogens with one attached hydrogen (secondary N) is 1. The van der Waals surface area contributed by atoms with Crippen molar-refractivity contribution in [1.29, 1.82) is 0 Å². The standard InChI is InChI=1S/C15H23NO2S/c1-14(2,12-6-5-9-19-12)11-16-13(17)10-15(18)7-3-4-8-15/h5-6,9,18H,3-4,7-8,10-11H2,1-2H3,(H,16,17). The fourth-order valence-electron chi connectivity index (χ4n) is 2.64. The third-order valence-electron chi connectivity index (χ3n) is 3.94. The molecule has 0 aliphatic heterocycles. The van der Waals surface area contributed by atoms with Crippen LogP contribution < -0.4 is 5.32 Å². The van der Waals surface area contributed by atoms with Gasteiger partial charge in [-0.3, -0.25) is 4.79 Å². The number of amides is 1. The fraction of sp³-hybridized carbons (Fsp3) is 0.667. The Labute approximate surface area is 119 Å². The van der Waals surface area contributed by atoms with Gasteiger partial charge in [-0.15, -0.1) is 11.3 Å². The highest BCUT2D eigenvalue weighted by Crippen LogP contribution is 2.32. The second-order valence-electron chi connectivity index (χ2n) is 6.25. The summed E-state index contributed by atoms with van der Waals surface area (Å²) in [6, 6.07) is 4.13. The minimum absolute atomic E-state index is 0.0333. The lowest BCUT2D eigenvalue weighted by atomic mass is 9.91. The quantitative estimate of drug-likeness (QED) is 0.872. The minimum Gasteiger partial charge on any atom is -0.389 e. The smallest absolute Gasteiger partial charge is 0.222 e. The molecule has 1 aromatic heterocycles. The number of rotatable bonds is 5. The van der Waals surface area contributed by atoms with Gasteiger partial charge in [-0.1, -0.05) is 32.8 Å². The molecule has 0 saturated heterocycles. The number of carbonyl (C=O) groups is 1. The van der Waals surface area contributed by atoms with Gasteiger partial charge in [0.2, 0.25) is 5.91 Å². The lowest BCUT2D eigenvalue weighted by molar-refractivity contribution is -0.126. The molecular formula is C15H23NO2S. The Bertz CT molecular complexity index is 419. The molecule has 0 aromatic carbocycles. The van der Waals surface area contributed by atoms with Crippen molar-refractivity contribution in [2.75, 3.05) is 6.54 Å². The molecule has 1 fully saturated rings. The summed E-state index contributed by atoms with van der Waals surface area (Å²) in [4.78, 5) is 13.2. The molecule has 2 rings (SSSR count). The third kappa shape index (κ3) is 3.80.